The van der Waals surface area contributed by atoms with E-state index >= 15 is 0 Å². The Bertz CT molecular complexity index is 1110. The van der Waals surface area contributed by atoms with Gasteiger partial charge in [-0.15, -0.1) is 0 Å². The van der Waals surface area contributed by atoms with Crippen LogP contribution in [0.15, 0.2) is 60.8 Å². The fraction of sp³-hybridized carbons (Fsp3) is 0.0500. The van der Waals surface area contributed by atoms with Gasteiger partial charge in [0.2, 0.25) is 5.88 Å². The number of hydrogen-bond donors (Lipinski definition) is 1. The van der Waals surface area contributed by atoms with Gasteiger partial charge in [-0.3, -0.25) is 14.9 Å². The third-order valence-corrected chi connectivity index (χ3v) is 3.90. The summed E-state index contributed by atoms with van der Waals surface area (Å²) in [6, 6.07) is 15.9. The highest BCUT2D eigenvalue weighted by atomic mass is 16.6. The van der Waals surface area contributed by atoms with Gasteiger partial charge in [-0.2, -0.15) is 5.26 Å². The van der Waals surface area contributed by atoms with Crippen LogP contribution in [-0.2, 0) is 0 Å². The molecule has 28 heavy (non-hydrogen) atoms. The number of carbonyl (C=O) groups excluding carboxylic acids is 1. The van der Waals surface area contributed by atoms with E-state index in [1.165, 1.54) is 24.4 Å². The van der Waals surface area contributed by atoms with Crippen molar-refractivity contribution in [2.75, 3.05) is 5.32 Å². The van der Waals surface area contributed by atoms with E-state index in [0.29, 0.717) is 22.6 Å². The van der Waals surface area contributed by atoms with Crippen molar-refractivity contribution in [2.45, 2.75) is 6.92 Å². The second-order valence-corrected chi connectivity index (χ2v) is 5.78. The number of nitrogens with one attached hydrogen (secondary N) is 1. The molecule has 0 aliphatic heterocycles. The Balaban J connectivity index is 1.81. The summed E-state index contributed by atoms with van der Waals surface area (Å²) in [6.45, 7) is 1.76. The lowest BCUT2D eigenvalue weighted by atomic mass is 10.1. The Morgan fingerprint density at radius 1 is 1.21 bits per heavy atom. The number of carbonyl (C=O) groups is 1. The summed E-state index contributed by atoms with van der Waals surface area (Å²) in [7, 11) is 0. The number of nitriles is 1. The molecule has 0 unspecified atom stereocenters. The second kappa shape index (κ2) is 7.97. The maximum Gasteiger partial charge on any atom is 0.282 e. The summed E-state index contributed by atoms with van der Waals surface area (Å²) in [6.07, 6.45) is 1.52. The lowest BCUT2D eigenvalue weighted by molar-refractivity contribution is -0.385. The highest BCUT2D eigenvalue weighted by Gasteiger charge is 2.19. The summed E-state index contributed by atoms with van der Waals surface area (Å²) in [5.41, 5.74) is 1.17. The monoisotopic (exact) mass is 374 g/mol. The Morgan fingerprint density at radius 3 is 2.71 bits per heavy atom. The third-order valence-electron chi connectivity index (χ3n) is 3.90. The van der Waals surface area contributed by atoms with Gasteiger partial charge in [0.15, 0.2) is 0 Å². The van der Waals surface area contributed by atoms with Gasteiger partial charge < -0.3 is 10.1 Å². The van der Waals surface area contributed by atoms with Crippen molar-refractivity contribution in [2.24, 2.45) is 0 Å². The smallest absolute Gasteiger partial charge is 0.282 e. The number of rotatable bonds is 5. The summed E-state index contributed by atoms with van der Waals surface area (Å²) < 4.78 is 5.64. The van der Waals surface area contributed by atoms with E-state index in [1.807, 2.05) is 6.07 Å². The Morgan fingerprint density at radius 2 is 2.00 bits per heavy atom. The SMILES string of the molecule is Cc1cc(Oc2ncccc2C#N)ccc1NC(=O)c1ccccc1[N+](=O)[O-]. The van der Waals surface area contributed by atoms with E-state index < -0.39 is 10.8 Å². The van der Waals surface area contributed by atoms with Crippen LogP contribution in [0.2, 0.25) is 0 Å². The molecule has 8 heteroatoms. The van der Waals surface area contributed by atoms with E-state index in [2.05, 4.69) is 10.3 Å². The number of aromatic nitrogens is 1. The Labute approximate surface area is 160 Å². The first-order valence-corrected chi connectivity index (χ1v) is 8.18. The van der Waals surface area contributed by atoms with Gasteiger partial charge in [-0.05, 0) is 48.9 Å². The minimum absolute atomic E-state index is 0.0284. The molecule has 0 radical (unpaired) electrons. The van der Waals surface area contributed by atoms with Crippen molar-refractivity contribution in [3.05, 3.63) is 87.6 Å². The van der Waals surface area contributed by atoms with Crippen LogP contribution in [0, 0.1) is 28.4 Å². The molecule has 3 rings (SSSR count). The number of benzene rings is 2. The number of hydrogen-bond acceptors (Lipinski definition) is 6. The average Bonchev–Trinajstić information content (AvgIpc) is 2.70. The van der Waals surface area contributed by atoms with Crippen molar-refractivity contribution in [1.29, 1.82) is 5.26 Å². The van der Waals surface area contributed by atoms with E-state index in [0.717, 1.165) is 0 Å². The van der Waals surface area contributed by atoms with Gasteiger partial charge in [0, 0.05) is 18.0 Å². The van der Waals surface area contributed by atoms with Gasteiger partial charge in [0.05, 0.1) is 4.92 Å². The molecule has 2 aromatic carbocycles. The molecule has 1 heterocycles. The molecule has 1 aromatic heterocycles. The molecule has 0 aliphatic carbocycles. The minimum atomic E-state index is -0.599. The van der Waals surface area contributed by atoms with Crippen molar-refractivity contribution >= 4 is 17.3 Å². The highest BCUT2D eigenvalue weighted by molar-refractivity contribution is 6.07. The second-order valence-electron chi connectivity index (χ2n) is 5.78. The number of nitro benzene ring substituents is 1. The molecule has 3 aromatic rings. The fourth-order valence-electron chi connectivity index (χ4n) is 2.52. The van der Waals surface area contributed by atoms with Gasteiger partial charge in [-0.25, -0.2) is 4.98 Å². The minimum Gasteiger partial charge on any atom is -0.438 e. The van der Waals surface area contributed by atoms with Gasteiger partial charge in [0.1, 0.15) is 22.9 Å². The summed E-state index contributed by atoms with van der Waals surface area (Å²) >= 11 is 0. The van der Waals surface area contributed by atoms with Crippen LogP contribution >= 0.6 is 0 Å². The van der Waals surface area contributed by atoms with Gasteiger partial charge >= 0.3 is 0 Å². The number of amides is 1. The zero-order valence-corrected chi connectivity index (χ0v) is 14.7. The van der Waals surface area contributed by atoms with Gasteiger partial charge in [0.25, 0.3) is 11.6 Å². The maximum atomic E-state index is 12.5. The predicted molar refractivity (Wildman–Crippen MR) is 101 cm³/mol. The lowest BCUT2D eigenvalue weighted by Crippen LogP contribution is -2.14. The topological polar surface area (TPSA) is 118 Å². The van der Waals surface area contributed by atoms with E-state index in [1.54, 1.807) is 43.3 Å². The Kier molecular flexibility index (Phi) is 5.28. The summed E-state index contributed by atoms with van der Waals surface area (Å²) in [5, 5.41) is 22.9. The quantitative estimate of drug-likeness (QED) is 0.528. The molecular weight excluding hydrogens is 360 g/mol. The maximum absolute atomic E-state index is 12.5. The van der Waals surface area contributed by atoms with Gasteiger partial charge in [-0.1, -0.05) is 12.1 Å². The van der Waals surface area contributed by atoms with Crippen LogP contribution in [0.3, 0.4) is 0 Å². The molecule has 0 spiro atoms. The zero-order chi connectivity index (χ0) is 20.1. The number of para-hydroxylation sites is 1. The van der Waals surface area contributed by atoms with Crippen LogP contribution < -0.4 is 10.1 Å². The van der Waals surface area contributed by atoms with Crippen molar-refractivity contribution in [3.8, 4) is 17.7 Å². The van der Waals surface area contributed by atoms with E-state index in [-0.39, 0.29) is 17.1 Å². The average molecular weight is 374 g/mol. The number of nitro groups is 1. The van der Waals surface area contributed by atoms with E-state index in [4.69, 9.17) is 10.00 Å². The largest absolute Gasteiger partial charge is 0.438 e. The summed E-state index contributed by atoms with van der Waals surface area (Å²) in [5.74, 6) is 0.0399. The molecular formula is C20H14N4O4. The number of aryl methyl sites for hydroxylation is 1. The Hall–Kier alpha value is -4.25. The molecule has 0 atom stereocenters. The number of nitrogens with zero attached hydrogens (tertiary/aromatic N) is 3. The first kappa shape index (κ1) is 18.5. The highest BCUT2D eigenvalue weighted by Crippen LogP contribution is 2.27. The first-order valence-electron chi connectivity index (χ1n) is 8.18. The van der Waals surface area contributed by atoms with Crippen molar-refractivity contribution in [1.82, 2.24) is 4.98 Å². The van der Waals surface area contributed by atoms with E-state index in [9.17, 15) is 14.9 Å². The number of ether oxygens (including phenoxy) is 1. The molecule has 138 valence electrons. The van der Waals surface area contributed by atoms with Crippen LogP contribution in [0.25, 0.3) is 0 Å². The van der Waals surface area contributed by atoms with Crippen LogP contribution in [0.1, 0.15) is 21.5 Å². The van der Waals surface area contributed by atoms with Crippen molar-refractivity contribution in [3.63, 3.8) is 0 Å². The van der Waals surface area contributed by atoms with Crippen molar-refractivity contribution < 1.29 is 14.5 Å². The predicted octanol–water partition coefficient (Wildman–Crippen LogP) is 4.21. The van der Waals surface area contributed by atoms with Crippen LogP contribution in [0.5, 0.6) is 11.6 Å². The molecule has 0 saturated carbocycles. The molecule has 8 nitrogen and oxygen atoms in total. The molecule has 0 aliphatic rings. The molecule has 0 saturated heterocycles. The van der Waals surface area contributed by atoms with Crippen LogP contribution in [0.4, 0.5) is 11.4 Å². The standard InChI is InChI=1S/C20H14N4O4/c1-13-11-15(28-20-14(12-21)5-4-10-22-20)8-9-17(13)23-19(25)16-6-2-3-7-18(16)24(26)27/h2-11H,1H3,(H,23,25). The summed E-state index contributed by atoms with van der Waals surface area (Å²) in [4.78, 5) is 27.0. The molecule has 0 fully saturated rings. The molecule has 1 amide bonds. The lowest BCUT2D eigenvalue weighted by Gasteiger charge is -2.11. The normalized spacial score (nSPS) is 10.0. The first-order chi connectivity index (χ1) is 13.5. The third kappa shape index (κ3) is 3.94. The fourth-order valence-corrected chi connectivity index (χ4v) is 2.52. The molecule has 0 bridgehead atoms. The van der Waals surface area contributed by atoms with Crippen LogP contribution in [-0.4, -0.2) is 15.8 Å². The molecule has 1 N–H and O–H groups in total. The number of pyridine rings is 1. The zero-order valence-electron chi connectivity index (χ0n) is 14.7. The number of anilines is 1.